The van der Waals surface area contributed by atoms with Crippen LogP contribution in [-0.4, -0.2) is 79.6 Å². The lowest BCUT2D eigenvalue weighted by Crippen LogP contribution is -2.57. The number of benzene rings is 2. The largest absolute Gasteiger partial charge is 0.497 e. The number of hydrogen-bond acceptors (Lipinski definition) is 6. The van der Waals surface area contributed by atoms with Crippen LogP contribution < -0.4 is 14.8 Å². The zero-order chi connectivity index (χ0) is 29.5. The molecule has 0 saturated carbocycles. The van der Waals surface area contributed by atoms with E-state index in [1.165, 1.54) is 0 Å². The first-order valence-corrected chi connectivity index (χ1v) is 14.2. The van der Waals surface area contributed by atoms with E-state index in [9.17, 15) is 14.4 Å². The van der Waals surface area contributed by atoms with Crippen molar-refractivity contribution in [2.45, 2.75) is 45.7 Å². The number of rotatable bonds is 9. The van der Waals surface area contributed by atoms with Crippen molar-refractivity contribution in [1.82, 2.24) is 20.2 Å². The smallest absolute Gasteiger partial charge is 0.332 e. The van der Waals surface area contributed by atoms with Gasteiger partial charge in [0.1, 0.15) is 11.5 Å². The van der Waals surface area contributed by atoms with E-state index in [1.54, 1.807) is 37.4 Å². The van der Waals surface area contributed by atoms with Crippen molar-refractivity contribution in [3.8, 4) is 11.5 Å². The number of hydrogen-bond donors (Lipinski definition) is 1. The summed E-state index contributed by atoms with van der Waals surface area (Å²) in [4.78, 5) is 42.4. The summed E-state index contributed by atoms with van der Waals surface area (Å²) in [5.74, 6) is 1.61. The number of likely N-dealkylation sites (tertiary alicyclic amines) is 1. The summed E-state index contributed by atoms with van der Waals surface area (Å²) in [5.41, 5.74) is 2.86. The van der Waals surface area contributed by atoms with Crippen molar-refractivity contribution < 1.29 is 23.9 Å². The number of nitrogens with zero attached hydrogens (tertiary/aromatic N) is 3. The van der Waals surface area contributed by atoms with Crippen molar-refractivity contribution in [3.05, 3.63) is 71.3 Å². The number of carbonyl (C=O) groups excluding carboxylic acids is 3. The van der Waals surface area contributed by atoms with E-state index in [1.807, 2.05) is 53.4 Å². The Morgan fingerprint density at radius 2 is 1.59 bits per heavy atom. The van der Waals surface area contributed by atoms with Gasteiger partial charge in [-0.1, -0.05) is 38.1 Å². The molecule has 2 aliphatic heterocycles. The first kappa shape index (κ1) is 30.1. The minimum absolute atomic E-state index is 0.0691. The molecule has 220 valence electrons. The molecule has 1 saturated heterocycles. The van der Waals surface area contributed by atoms with Crippen molar-refractivity contribution in [2.24, 2.45) is 11.8 Å². The summed E-state index contributed by atoms with van der Waals surface area (Å²) in [6.45, 7) is 5.46. The SMILES string of the molecule is COc1ccc(CCN2C[C@H]3C(=CC(=O)CN(C)N3C(=O)NCc3ccc(OC)cc3)C[C@@H](CC(C)C)C2=O)cc1. The minimum atomic E-state index is -0.445. The molecule has 0 unspecified atom stereocenters. The van der Waals surface area contributed by atoms with Crippen molar-refractivity contribution in [3.63, 3.8) is 0 Å². The number of urea groups is 1. The fourth-order valence-corrected chi connectivity index (χ4v) is 5.67. The van der Waals surface area contributed by atoms with E-state index in [0.29, 0.717) is 38.4 Å². The number of amides is 3. The van der Waals surface area contributed by atoms with Gasteiger partial charge in [-0.3, -0.25) is 9.59 Å². The van der Waals surface area contributed by atoms with Crippen LogP contribution in [0.4, 0.5) is 4.79 Å². The second-order valence-electron chi connectivity index (χ2n) is 11.3. The van der Waals surface area contributed by atoms with Gasteiger partial charge < -0.3 is 19.7 Å². The maximum atomic E-state index is 13.9. The van der Waals surface area contributed by atoms with Crippen molar-refractivity contribution >= 4 is 17.7 Å². The van der Waals surface area contributed by atoms with Gasteiger partial charge in [-0.2, -0.15) is 0 Å². The third-order valence-electron chi connectivity index (χ3n) is 7.75. The molecule has 9 nitrogen and oxygen atoms in total. The number of carbonyl (C=O) groups is 3. The highest BCUT2D eigenvalue weighted by Crippen LogP contribution is 2.32. The number of fused-ring (bicyclic) bond motifs is 1. The zero-order valence-electron chi connectivity index (χ0n) is 24.8. The maximum Gasteiger partial charge on any atom is 0.332 e. The molecule has 3 amide bonds. The summed E-state index contributed by atoms with van der Waals surface area (Å²) in [6.07, 6.45) is 3.53. The number of methoxy groups -OCH3 is 2. The topological polar surface area (TPSA) is 91.4 Å². The monoisotopic (exact) mass is 562 g/mol. The highest BCUT2D eigenvalue weighted by Gasteiger charge is 2.41. The van der Waals surface area contributed by atoms with Gasteiger partial charge in [0.05, 0.1) is 26.8 Å². The molecule has 1 fully saturated rings. The van der Waals surface area contributed by atoms with Crippen LogP contribution in [-0.2, 0) is 22.6 Å². The number of ketones is 1. The van der Waals surface area contributed by atoms with Gasteiger partial charge in [-0.05, 0) is 72.2 Å². The standard InChI is InChI=1S/C32H42N4O5/c1-22(2)16-26-17-25-18-27(37)20-34(3)36(32(39)33-19-24-8-12-29(41-5)13-9-24)30(25)21-35(31(26)38)15-14-23-6-10-28(40-4)11-7-23/h6-13,18,22,26,30H,14-17,19-21H2,1-5H3,(H,33,39)/t26-,30+/m1/s1. The Kier molecular flexibility index (Phi) is 10.0. The predicted molar refractivity (Wildman–Crippen MR) is 157 cm³/mol. The third kappa shape index (κ3) is 7.67. The van der Waals surface area contributed by atoms with Gasteiger partial charge in [-0.25, -0.2) is 14.8 Å². The van der Waals surface area contributed by atoms with E-state index >= 15 is 0 Å². The highest BCUT2D eigenvalue weighted by atomic mass is 16.5. The van der Waals surface area contributed by atoms with Gasteiger partial charge in [0.25, 0.3) is 0 Å². The van der Waals surface area contributed by atoms with Gasteiger partial charge in [-0.15, -0.1) is 0 Å². The molecule has 0 bridgehead atoms. The molecule has 9 heteroatoms. The van der Waals surface area contributed by atoms with Gasteiger partial charge >= 0.3 is 6.03 Å². The summed E-state index contributed by atoms with van der Waals surface area (Å²) < 4.78 is 10.5. The van der Waals surface area contributed by atoms with Crippen LogP contribution >= 0.6 is 0 Å². The average molecular weight is 563 g/mol. The van der Waals surface area contributed by atoms with Crippen LogP contribution in [0.1, 0.15) is 37.8 Å². The van der Waals surface area contributed by atoms with Crippen molar-refractivity contribution in [1.29, 1.82) is 0 Å². The van der Waals surface area contributed by atoms with Crippen LogP contribution in [0.5, 0.6) is 11.5 Å². The first-order valence-electron chi connectivity index (χ1n) is 14.2. The average Bonchev–Trinajstić information content (AvgIpc) is 3.15. The molecule has 2 aromatic carbocycles. The van der Waals surface area contributed by atoms with Gasteiger partial charge in [0.15, 0.2) is 5.78 Å². The Morgan fingerprint density at radius 3 is 2.17 bits per heavy atom. The number of hydrazine groups is 1. The second-order valence-corrected chi connectivity index (χ2v) is 11.3. The second kappa shape index (κ2) is 13.7. The molecule has 0 aromatic heterocycles. The molecule has 2 aromatic rings. The quantitative estimate of drug-likeness (QED) is 0.496. The van der Waals surface area contributed by atoms with Crippen LogP contribution in [0.2, 0.25) is 0 Å². The number of nitrogens with one attached hydrogen (secondary N) is 1. The fourth-order valence-electron chi connectivity index (χ4n) is 5.67. The molecule has 41 heavy (non-hydrogen) atoms. The summed E-state index contributed by atoms with van der Waals surface area (Å²) >= 11 is 0. The highest BCUT2D eigenvalue weighted by molar-refractivity contribution is 5.93. The Balaban J connectivity index is 1.59. The minimum Gasteiger partial charge on any atom is -0.497 e. The third-order valence-corrected chi connectivity index (χ3v) is 7.75. The lowest BCUT2D eigenvalue weighted by atomic mass is 9.88. The maximum absolute atomic E-state index is 13.9. The van der Waals surface area contributed by atoms with E-state index in [-0.39, 0.29) is 30.2 Å². The summed E-state index contributed by atoms with van der Waals surface area (Å²) in [6, 6.07) is 14.6. The van der Waals surface area contributed by atoms with Crippen molar-refractivity contribution in [2.75, 3.05) is 40.9 Å². The van der Waals surface area contributed by atoms with E-state index in [2.05, 4.69) is 19.2 Å². The van der Waals surface area contributed by atoms with Gasteiger partial charge in [0, 0.05) is 32.6 Å². The number of ether oxygens (including phenoxy) is 2. The van der Waals surface area contributed by atoms with E-state index < -0.39 is 6.04 Å². The Hall–Kier alpha value is -3.85. The molecule has 2 heterocycles. The molecular formula is C32H42N4O5. The number of likely N-dealkylation sites (N-methyl/N-ethyl adjacent to an activating group) is 1. The molecular weight excluding hydrogens is 520 g/mol. The van der Waals surface area contributed by atoms with Crippen LogP contribution in [0.3, 0.4) is 0 Å². The van der Waals surface area contributed by atoms with Crippen LogP contribution in [0.25, 0.3) is 0 Å². The Bertz CT molecular complexity index is 1240. The molecule has 0 radical (unpaired) electrons. The Labute approximate surface area is 243 Å². The normalized spacial score (nSPS) is 19.8. The van der Waals surface area contributed by atoms with Crippen LogP contribution in [0.15, 0.2) is 60.2 Å². The molecule has 1 N–H and O–H groups in total. The lowest BCUT2D eigenvalue weighted by molar-refractivity contribution is -0.136. The molecule has 0 spiro atoms. The molecule has 2 atom stereocenters. The fraction of sp³-hybridized carbons (Fsp3) is 0.469. The Morgan fingerprint density at radius 1 is 0.976 bits per heavy atom. The van der Waals surface area contributed by atoms with Crippen LogP contribution in [0, 0.1) is 11.8 Å². The molecule has 2 aliphatic rings. The predicted octanol–water partition coefficient (Wildman–Crippen LogP) is 4.08. The first-order chi connectivity index (χ1) is 19.7. The zero-order valence-corrected chi connectivity index (χ0v) is 24.8. The lowest BCUT2D eigenvalue weighted by Gasteiger charge is -2.38. The summed E-state index contributed by atoms with van der Waals surface area (Å²) in [7, 11) is 5.00. The van der Waals surface area contributed by atoms with E-state index in [4.69, 9.17) is 9.47 Å². The molecule has 4 rings (SSSR count). The van der Waals surface area contributed by atoms with E-state index in [0.717, 1.165) is 34.6 Å². The summed E-state index contributed by atoms with van der Waals surface area (Å²) in [5, 5.41) is 6.33. The molecule has 0 aliphatic carbocycles. The van der Waals surface area contributed by atoms with Gasteiger partial charge in [0.2, 0.25) is 5.91 Å².